The van der Waals surface area contributed by atoms with Gasteiger partial charge in [-0.25, -0.2) is 8.42 Å². The first-order chi connectivity index (χ1) is 11.2. The second-order valence-corrected chi connectivity index (χ2v) is 7.02. The van der Waals surface area contributed by atoms with E-state index in [0.29, 0.717) is 15.4 Å². The first kappa shape index (κ1) is 15.3. The molecule has 0 saturated carbocycles. The van der Waals surface area contributed by atoms with Crippen molar-refractivity contribution in [1.29, 1.82) is 0 Å². The molecule has 0 saturated heterocycles. The van der Waals surface area contributed by atoms with Crippen LogP contribution in [0, 0.1) is 0 Å². The van der Waals surface area contributed by atoms with Crippen molar-refractivity contribution >= 4 is 22.0 Å². The molecule has 0 aliphatic carbocycles. The largest absolute Gasteiger partial charge is 0.218 e. The maximum atomic E-state index is 12.8. The van der Waals surface area contributed by atoms with Crippen LogP contribution in [0.4, 0.5) is 0 Å². The maximum Gasteiger partial charge on any atom is 0.207 e. The van der Waals surface area contributed by atoms with Crippen molar-refractivity contribution in [2.45, 2.75) is 9.79 Å². The Labute approximate surface area is 136 Å². The first-order valence-corrected chi connectivity index (χ1v) is 8.78. The summed E-state index contributed by atoms with van der Waals surface area (Å²) in [7, 11) is -3.53. The van der Waals surface area contributed by atoms with E-state index in [2.05, 4.69) is 0 Å². The van der Waals surface area contributed by atoms with Crippen LogP contribution in [0.5, 0.6) is 0 Å². The van der Waals surface area contributed by atoms with Gasteiger partial charge in [-0.15, -0.1) is 0 Å². The van der Waals surface area contributed by atoms with E-state index in [1.165, 1.54) is 0 Å². The zero-order chi connectivity index (χ0) is 16.1. The third kappa shape index (κ3) is 3.41. The van der Waals surface area contributed by atoms with Gasteiger partial charge in [0, 0.05) is 0 Å². The molecular weight excluding hydrogens is 304 g/mol. The van der Waals surface area contributed by atoms with Crippen LogP contribution < -0.4 is 0 Å². The van der Waals surface area contributed by atoms with Crippen LogP contribution in [0.2, 0.25) is 0 Å². The Morgan fingerprint density at radius 1 is 0.609 bits per heavy atom. The summed E-state index contributed by atoms with van der Waals surface area (Å²) in [5.74, 6) is 0. The molecule has 0 fully saturated rings. The van der Waals surface area contributed by atoms with E-state index in [4.69, 9.17) is 0 Å². The molecule has 3 aromatic carbocycles. The summed E-state index contributed by atoms with van der Waals surface area (Å²) in [4.78, 5) is 0.624. The van der Waals surface area contributed by atoms with Crippen molar-refractivity contribution in [2.24, 2.45) is 0 Å². The zero-order valence-electron chi connectivity index (χ0n) is 12.5. The second kappa shape index (κ2) is 6.63. The minimum Gasteiger partial charge on any atom is -0.218 e. The Hall–Kier alpha value is -2.65. The third-order valence-electron chi connectivity index (χ3n) is 3.52. The fraction of sp³-hybridized carbons (Fsp3) is 0. The smallest absolute Gasteiger partial charge is 0.207 e. The average molecular weight is 320 g/mol. The van der Waals surface area contributed by atoms with E-state index in [0.717, 1.165) is 5.56 Å². The Kier molecular flexibility index (Phi) is 4.40. The highest BCUT2D eigenvalue weighted by atomic mass is 32.2. The molecule has 114 valence electrons. The van der Waals surface area contributed by atoms with E-state index in [1.54, 1.807) is 42.5 Å². The van der Waals surface area contributed by atoms with Gasteiger partial charge < -0.3 is 0 Å². The lowest BCUT2D eigenvalue weighted by atomic mass is 10.1. The summed E-state index contributed by atoms with van der Waals surface area (Å²) in [5.41, 5.74) is 1.71. The number of sulfone groups is 1. The summed E-state index contributed by atoms with van der Waals surface area (Å²) in [6.45, 7) is 0. The topological polar surface area (TPSA) is 34.1 Å². The van der Waals surface area contributed by atoms with Crippen LogP contribution in [0.3, 0.4) is 0 Å². The van der Waals surface area contributed by atoms with E-state index < -0.39 is 9.84 Å². The highest BCUT2D eigenvalue weighted by Gasteiger charge is 2.19. The summed E-state index contributed by atoms with van der Waals surface area (Å²) < 4.78 is 25.7. The predicted molar refractivity (Wildman–Crippen MR) is 93.7 cm³/mol. The lowest BCUT2D eigenvalue weighted by Crippen LogP contribution is -2.03. The molecule has 3 rings (SSSR count). The molecule has 0 amide bonds. The molecule has 23 heavy (non-hydrogen) atoms. The highest BCUT2D eigenvalue weighted by Crippen LogP contribution is 2.25. The second-order valence-electron chi connectivity index (χ2n) is 5.10. The number of hydrogen-bond donors (Lipinski definition) is 0. The monoisotopic (exact) mass is 320 g/mol. The molecule has 0 aromatic heterocycles. The fourth-order valence-corrected chi connectivity index (χ4v) is 3.81. The molecule has 0 heterocycles. The number of benzene rings is 3. The van der Waals surface area contributed by atoms with Crippen molar-refractivity contribution in [2.75, 3.05) is 0 Å². The molecule has 0 aliphatic heterocycles. The van der Waals surface area contributed by atoms with Gasteiger partial charge in [-0.05, 0) is 29.3 Å². The Morgan fingerprint density at radius 2 is 1.17 bits per heavy atom. The SMILES string of the molecule is O=S(=O)(c1ccccc1)c1ccccc1/C=C/c1ccccc1. The van der Waals surface area contributed by atoms with Crippen LogP contribution in [-0.2, 0) is 9.84 Å². The van der Waals surface area contributed by atoms with Crippen molar-refractivity contribution in [1.82, 2.24) is 0 Å². The quantitative estimate of drug-likeness (QED) is 0.654. The van der Waals surface area contributed by atoms with E-state index in [1.807, 2.05) is 54.6 Å². The van der Waals surface area contributed by atoms with Gasteiger partial charge in [0.15, 0.2) is 0 Å². The van der Waals surface area contributed by atoms with Gasteiger partial charge in [-0.1, -0.05) is 78.9 Å². The Morgan fingerprint density at radius 3 is 1.87 bits per heavy atom. The van der Waals surface area contributed by atoms with Gasteiger partial charge in [0.05, 0.1) is 9.79 Å². The lowest BCUT2D eigenvalue weighted by molar-refractivity contribution is 0.596. The predicted octanol–water partition coefficient (Wildman–Crippen LogP) is 4.69. The van der Waals surface area contributed by atoms with Crippen LogP contribution in [0.1, 0.15) is 11.1 Å². The van der Waals surface area contributed by atoms with Crippen LogP contribution in [-0.4, -0.2) is 8.42 Å². The molecule has 2 nitrogen and oxygen atoms in total. The molecular formula is C20H16O2S. The Balaban J connectivity index is 2.04. The van der Waals surface area contributed by atoms with Crippen LogP contribution in [0.15, 0.2) is 94.7 Å². The molecule has 0 spiro atoms. The fourth-order valence-electron chi connectivity index (χ4n) is 2.34. The normalized spacial score (nSPS) is 11.7. The molecule has 3 heteroatoms. The molecule has 0 radical (unpaired) electrons. The summed E-state index contributed by atoms with van der Waals surface area (Å²) in [5, 5.41) is 0. The van der Waals surface area contributed by atoms with Gasteiger partial charge >= 0.3 is 0 Å². The van der Waals surface area contributed by atoms with Gasteiger partial charge in [-0.3, -0.25) is 0 Å². The zero-order valence-corrected chi connectivity index (χ0v) is 13.3. The number of hydrogen-bond acceptors (Lipinski definition) is 2. The summed E-state index contributed by atoms with van der Waals surface area (Å²) in [6.07, 6.45) is 3.75. The first-order valence-electron chi connectivity index (χ1n) is 7.30. The third-order valence-corrected chi connectivity index (χ3v) is 5.36. The van der Waals surface area contributed by atoms with E-state index >= 15 is 0 Å². The summed E-state index contributed by atoms with van der Waals surface area (Å²) >= 11 is 0. The van der Waals surface area contributed by atoms with Crippen LogP contribution in [0.25, 0.3) is 12.2 Å². The molecule has 0 aliphatic rings. The highest BCUT2D eigenvalue weighted by molar-refractivity contribution is 7.91. The summed E-state index contributed by atoms with van der Waals surface area (Å²) in [6, 6.07) is 25.4. The van der Waals surface area contributed by atoms with E-state index in [9.17, 15) is 8.42 Å². The molecule has 0 bridgehead atoms. The van der Waals surface area contributed by atoms with Gasteiger partial charge in [0.1, 0.15) is 0 Å². The van der Waals surface area contributed by atoms with E-state index in [-0.39, 0.29) is 0 Å². The average Bonchev–Trinajstić information content (AvgIpc) is 2.62. The van der Waals surface area contributed by atoms with Gasteiger partial charge in [0.25, 0.3) is 0 Å². The molecule has 3 aromatic rings. The van der Waals surface area contributed by atoms with Gasteiger partial charge in [0.2, 0.25) is 9.84 Å². The maximum absolute atomic E-state index is 12.8. The van der Waals surface area contributed by atoms with Crippen molar-refractivity contribution in [3.8, 4) is 0 Å². The minimum atomic E-state index is -3.53. The number of rotatable bonds is 4. The minimum absolute atomic E-state index is 0.306. The standard InChI is InChI=1S/C20H16O2S/c21-23(22,19-12-5-2-6-13-19)20-14-8-7-11-18(20)16-15-17-9-3-1-4-10-17/h1-16H/b16-15+. The Bertz CT molecular complexity index is 912. The molecule has 0 N–H and O–H groups in total. The molecule has 0 atom stereocenters. The van der Waals surface area contributed by atoms with Crippen LogP contribution >= 0.6 is 0 Å². The lowest BCUT2D eigenvalue weighted by Gasteiger charge is -2.08. The van der Waals surface area contributed by atoms with Crippen molar-refractivity contribution < 1.29 is 8.42 Å². The van der Waals surface area contributed by atoms with Crippen molar-refractivity contribution in [3.05, 3.63) is 96.1 Å². The van der Waals surface area contributed by atoms with Gasteiger partial charge in [-0.2, -0.15) is 0 Å². The molecule has 0 unspecified atom stereocenters. The van der Waals surface area contributed by atoms with Crippen molar-refractivity contribution in [3.63, 3.8) is 0 Å².